The summed E-state index contributed by atoms with van der Waals surface area (Å²) in [6, 6.07) is 2.30. The van der Waals surface area contributed by atoms with Crippen LogP contribution in [0.5, 0.6) is 11.5 Å². The van der Waals surface area contributed by atoms with Gasteiger partial charge in [-0.05, 0) is 18.2 Å². The highest BCUT2D eigenvalue weighted by Crippen LogP contribution is 2.28. The molecule has 1 N–H and O–H groups in total. The van der Waals surface area contributed by atoms with Gasteiger partial charge in [0.25, 0.3) is 0 Å². The fourth-order valence-corrected chi connectivity index (χ4v) is 1.89. The molecule has 0 aromatic heterocycles. The average molecular weight is 363 g/mol. The summed E-state index contributed by atoms with van der Waals surface area (Å²) in [4.78, 5) is 34.8. The van der Waals surface area contributed by atoms with Crippen LogP contribution >= 0.6 is 0 Å². The van der Waals surface area contributed by atoms with Crippen molar-refractivity contribution >= 4 is 17.7 Å². The first-order valence-corrected chi connectivity index (χ1v) is 6.84. The van der Waals surface area contributed by atoms with E-state index in [1.165, 1.54) is 37.7 Å². The molecule has 10 heteroatoms. The fourth-order valence-electron chi connectivity index (χ4n) is 1.89. The van der Waals surface area contributed by atoms with Crippen LogP contribution in [0.3, 0.4) is 0 Å². The maximum absolute atomic E-state index is 12.3. The van der Waals surface area contributed by atoms with E-state index in [0.717, 1.165) is 7.11 Å². The molecule has 0 saturated carbocycles. The third-order valence-corrected chi connectivity index (χ3v) is 3.14. The monoisotopic (exact) mass is 363 g/mol. The summed E-state index contributed by atoms with van der Waals surface area (Å²) in [6.07, 6.45) is -5.91. The highest BCUT2D eigenvalue weighted by Gasteiger charge is 2.41. The van der Waals surface area contributed by atoms with Gasteiger partial charge in [-0.2, -0.15) is 13.2 Å². The largest absolute Gasteiger partial charge is 0.493 e. The number of ether oxygens (including phenoxy) is 3. The SMILES string of the molecule is COC(=O)[C@H](CC(=O)c1ccc(OC)c(OC)c1)NC(=O)C(F)(F)F. The van der Waals surface area contributed by atoms with Gasteiger partial charge in [-0.3, -0.25) is 9.59 Å². The minimum absolute atomic E-state index is 0.0628. The summed E-state index contributed by atoms with van der Waals surface area (Å²) < 4.78 is 51.4. The lowest BCUT2D eigenvalue weighted by Gasteiger charge is -2.17. The van der Waals surface area contributed by atoms with Crippen molar-refractivity contribution in [3.05, 3.63) is 23.8 Å². The average Bonchev–Trinajstić information content (AvgIpc) is 2.58. The number of esters is 1. The summed E-state index contributed by atoms with van der Waals surface area (Å²) in [7, 11) is 3.65. The van der Waals surface area contributed by atoms with Gasteiger partial charge in [0.15, 0.2) is 17.3 Å². The molecule has 0 aliphatic carbocycles. The van der Waals surface area contributed by atoms with Crippen LogP contribution in [0, 0.1) is 0 Å². The van der Waals surface area contributed by atoms with E-state index in [1.807, 2.05) is 0 Å². The molecule has 25 heavy (non-hydrogen) atoms. The van der Waals surface area contributed by atoms with Crippen molar-refractivity contribution in [1.29, 1.82) is 0 Å². The lowest BCUT2D eigenvalue weighted by molar-refractivity contribution is -0.175. The Bertz CT molecular complexity index is 659. The molecule has 1 rings (SSSR count). The van der Waals surface area contributed by atoms with Crippen molar-refractivity contribution in [3.63, 3.8) is 0 Å². The third-order valence-electron chi connectivity index (χ3n) is 3.14. The van der Waals surface area contributed by atoms with E-state index >= 15 is 0 Å². The Labute approximate surface area is 141 Å². The predicted molar refractivity (Wildman–Crippen MR) is 78.5 cm³/mol. The quantitative estimate of drug-likeness (QED) is 0.583. The Hall–Kier alpha value is -2.78. The predicted octanol–water partition coefficient (Wildman–Crippen LogP) is 1.50. The molecule has 0 spiro atoms. The molecule has 0 radical (unpaired) electrons. The highest BCUT2D eigenvalue weighted by molar-refractivity contribution is 6.00. The van der Waals surface area contributed by atoms with Crippen LogP contribution in [0.2, 0.25) is 0 Å². The zero-order valence-corrected chi connectivity index (χ0v) is 13.6. The molecule has 7 nitrogen and oxygen atoms in total. The molecule has 0 unspecified atom stereocenters. The molecule has 138 valence electrons. The van der Waals surface area contributed by atoms with E-state index in [4.69, 9.17) is 9.47 Å². The second kappa shape index (κ2) is 8.36. The Morgan fingerprint density at radius 2 is 1.68 bits per heavy atom. The zero-order valence-electron chi connectivity index (χ0n) is 13.6. The molecule has 0 heterocycles. The normalized spacial score (nSPS) is 12.1. The number of alkyl halides is 3. The minimum Gasteiger partial charge on any atom is -0.493 e. The first kappa shape index (κ1) is 20.3. The molecule has 0 aliphatic heterocycles. The van der Waals surface area contributed by atoms with E-state index in [9.17, 15) is 27.6 Å². The van der Waals surface area contributed by atoms with Crippen molar-refractivity contribution in [3.8, 4) is 11.5 Å². The minimum atomic E-state index is -5.20. The van der Waals surface area contributed by atoms with E-state index in [1.54, 1.807) is 0 Å². The molecule has 0 saturated heterocycles. The molecule has 0 aliphatic rings. The number of carbonyl (C=O) groups excluding carboxylic acids is 3. The number of hydrogen-bond acceptors (Lipinski definition) is 6. The molecule has 1 amide bonds. The summed E-state index contributed by atoms with van der Waals surface area (Å²) >= 11 is 0. The van der Waals surface area contributed by atoms with Gasteiger partial charge >= 0.3 is 18.1 Å². The smallest absolute Gasteiger partial charge is 0.471 e. The lowest BCUT2D eigenvalue weighted by Crippen LogP contribution is -2.48. The van der Waals surface area contributed by atoms with Crippen molar-refractivity contribution in [1.82, 2.24) is 5.32 Å². The number of methoxy groups -OCH3 is 3. The second-order valence-corrected chi connectivity index (χ2v) is 4.74. The van der Waals surface area contributed by atoms with Crippen LogP contribution in [-0.2, 0) is 14.3 Å². The molecule has 0 bridgehead atoms. The van der Waals surface area contributed by atoms with Crippen LogP contribution in [0.4, 0.5) is 13.2 Å². The van der Waals surface area contributed by atoms with Crippen LogP contribution in [-0.4, -0.2) is 51.2 Å². The van der Waals surface area contributed by atoms with Gasteiger partial charge < -0.3 is 19.5 Å². The number of amides is 1. The number of Topliss-reactive ketones (excluding diaryl/α,β-unsaturated/α-hetero) is 1. The van der Waals surface area contributed by atoms with Crippen molar-refractivity contribution in [2.24, 2.45) is 0 Å². The van der Waals surface area contributed by atoms with Crippen LogP contribution in [0.15, 0.2) is 18.2 Å². The Morgan fingerprint density at radius 1 is 1.08 bits per heavy atom. The van der Waals surface area contributed by atoms with Gasteiger partial charge in [0.1, 0.15) is 6.04 Å². The van der Waals surface area contributed by atoms with Gasteiger partial charge in [-0.25, -0.2) is 4.79 Å². The molecule has 1 atom stereocenters. The number of ketones is 1. The Morgan fingerprint density at radius 3 is 2.16 bits per heavy atom. The number of carbonyl (C=O) groups is 3. The van der Waals surface area contributed by atoms with E-state index in [2.05, 4.69) is 4.74 Å². The van der Waals surface area contributed by atoms with Gasteiger partial charge in [-0.15, -0.1) is 0 Å². The van der Waals surface area contributed by atoms with E-state index in [-0.39, 0.29) is 11.3 Å². The first-order chi connectivity index (χ1) is 11.6. The summed E-state index contributed by atoms with van der Waals surface area (Å²) in [5.41, 5.74) is 0.0628. The van der Waals surface area contributed by atoms with E-state index in [0.29, 0.717) is 5.75 Å². The van der Waals surface area contributed by atoms with Gasteiger partial charge in [0, 0.05) is 12.0 Å². The maximum Gasteiger partial charge on any atom is 0.471 e. The van der Waals surface area contributed by atoms with Crippen molar-refractivity contribution in [2.75, 3.05) is 21.3 Å². The number of hydrogen-bond donors (Lipinski definition) is 1. The molecule has 1 aromatic rings. The molecule has 1 aromatic carbocycles. The summed E-state index contributed by atoms with van der Waals surface area (Å²) in [6.45, 7) is 0. The molecular weight excluding hydrogens is 347 g/mol. The van der Waals surface area contributed by atoms with Crippen LogP contribution in [0.1, 0.15) is 16.8 Å². The second-order valence-electron chi connectivity index (χ2n) is 4.74. The number of benzene rings is 1. The summed E-state index contributed by atoms with van der Waals surface area (Å²) in [5, 5.41) is 1.44. The zero-order chi connectivity index (χ0) is 19.2. The Kier molecular flexibility index (Phi) is 6.77. The fraction of sp³-hybridized carbons (Fsp3) is 0.400. The summed E-state index contributed by atoms with van der Waals surface area (Å²) in [5.74, 6) is -3.65. The van der Waals surface area contributed by atoms with Crippen molar-refractivity contribution < 1.29 is 41.8 Å². The number of nitrogens with one attached hydrogen (secondary N) is 1. The molecule has 0 fully saturated rings. The topological polar surface area (TPSA) is 90.9 Å². The Balaban J connectivity index is 2.99. The van der Waals surface area contributed by atoms with Gasteiger partial charge in [-0.1, -0.05) is 0 Å². The standard InChI is InChI=1S/C15H16F3NO6/c1-23-11-5-4-8(6-12(11)24-2)10(20)7-9(13(21)25-3)19-14(22)15(16,17)18/h4-6,9H,7H2,1-3H3,(H,19,22)/t9-/m0/s1. The highest BCUT2D eigenvalue weighted by atomic mass is 19.4. The van der Waals surface area contributed by atoms with Crippen LogP contribution < -0.4 is 14.8 Å². The number of rotatable bonds is 7. The first-order valence-electron chi connectivity index (χ1n) is 6.84. The molecular formula is C15H16F3NO6. The van der Waals surface area contributed by atoms with Gasteiger partial charge in [0.2, 0.25) is 0 Å². The maximum atomic E-state index is 12.3. The van der Waals surface area contributed by atoms with Crippen LogP contribution in [0.25, 0.3) is 0 Å². The number of halogens is 3. The lowest BCUT2D eigenvalue weighted by atomic mass is 10.0. The third kappa shape index (κ3) is 5.37. The van der Waals surface area contributed by atoms with Crippen molar-refractivity contribution in [2.45, 2.75) is 18.6 Å². The van der Waals surface area contributed by atoms with E-state index < -0.39 is 36.3 Å². The van der Waals surface area contributed by atoms with Gasteiger partial charge in [0.05, 0.1) is 21.3 Å².